The summed E-state index contributed by atoms with van der Waals surface area (Å²) in [6.07, 6.45) is 5.85. The zero-order valence-electron chi connectivity index (χ0n) is 9.28. The van der Waals surface area contributed by atoms with E-state index in [-0.39, 0.29) is 0 Å². The first-order valence-corrected chi connectivity index (χ1v) is 6.01. The molecule has 0 N–H and O–H groups in total. The molecule has 1 aromatic rings. The van der Waals surface area contributed by atoms with E-state index in [0.29, 0.717) is 0 Å². The van der Waals surface area contributed by atoms with Crippen molar-refractivity contribution in [3.8, 4) is 5.75 Å². The average Bonchev–Trinajstić information content (AvgIpc) is 2.91. The average molecular weight is 202 g/mol. The highest BCUT2D eigenvalue weighted by Crippen LogP contribution is 2.52. The van der Waals surface area contributed by atoms with Crippen molar-refractivity contribution < 1.29 is 4.74 Å². The molecule has 0 spiro atoms. The largest absolute Gasteiger partial charge is 0.497 e. The van der Waals surface area contributed by atoms with E-state index in [1.807, 2.05) is 0 Å². The van der Waals surface area contributed by atoms with Gasteiger partial charge in [0.2, 0.25) is 0 Å². The van der Waals surface area contributed by atoms with Gasteiger partial charge in [-0.05, 0) is 54.7 Å². The van der Waals surface area contributed by atoms with Crippen molar-refractivity contribution >= 4 is 0 Å². The fraction of sp³-hybridized carbons (Fsp3) is 0.571. The van der Waals surface area contributed by atoms with Crippen LogP contribution in [0.15, 0.2) is 24.3 Å². The maximum absolute atomic E-state index is 5.19. The molecular formula is C14H18O. The quantitative estimate of drug-likeness (QED) is 0.712. The topological polar surface area (TPSA) is 9.23 Å². The van der Waals surface area contributed by atoms with Crippen molar-refractivity contribution in [3.05, 3.63) is 29.8 Å². The number of hydrogen-bond acceptors (Lipinski definition) is 1. The van der Waals surface area contributed by atoms with Gasteiger partial charge in [0.15, 0.2) is 0 Å². The highest BCUT2D eigenvalue weighted by Gasteiger charge is 2.39. The van der Waals surface area contributed by atoms with Crippen LogP contribution in [0.3, 0.4) is 0 Å². The molecule has 2 aliphatic rings. The number of ether oxygens (including phenoxy) is 1. The Hall–Kier alpha value is -0.980. The highest BCUT2D eigenvalue weighted by molar-refractivity contribution is 5.30. The minimum absolute atomic E-state index is 0.842. The van der Waals surface area contributed by atoms with Crippen molar-refractivity contribution in [1.82, 2.24) is 0 Å². The first-order valence-electron chi connectivity index (χ1n) is 6.01. The first kappa shape index (κ1) is 9.26. The molecule has 0 heterocycles. The lowest BCUT2D eigenvalue weighted by Crippen LogP contribution is -2.08. The fourth-order valence-corrected chi connectivity index (χ4v) is 3.50. The Kier molecular flexibility index (Phi) is 2.19. The first-order chi connectivity index (χ1) is 7.36. The van der Waals surface area contributed by atoms with Crippen molar-refractivity contribution in [3.63, 3.8) is 0 Å². The van der Waals surface area contributed by atoms with Gasteiger partial charge in [0, 0.05) is 0 Å². The molecule has 2 aliphatic carbocycles. The Balaban J connectivity index is 1.81. The molecule has 0 radical (unpaired) electrons. The van der Waals surface area contributed by atoms with Gasteiger partial charge >= 0.3 is 0 Å². The SMILES string of the molecule is COc1ccc([C@H]2C[C@@H]3CC[C@H]2C3)cc1. The molecule has 0 amide bonds. The zero-order valence-corrected chi connectivity index (χ0v) is 9.28. The van der Waals surface area contributed by atoms with E-state index in [4.69, 9.17) is 4.74 Å². The molecule has 0 unspecified atom stereocenters. The minimum Gasteiger partial charge on any atom is -0.497 e. The third-order valence-corrected chi connectivity index (χ3v) is 4.28. The number of methoxy groups -OCH3 is 1. The second-order valence-corrected chi connectivity index (χ2v) is 5.05. The fourth-order valence-electron chi connectivity index (χ4n) is 3.50. The van der Waals surface area contributed by atoms with E-state index < -0.39 is 0 Å². The summed E-state index contributed by atoms with van der Waals surface area (Å²) < 4.78 is 5.19. The Labute approximate surface area is 91.5 Å². The van der Waals surface area contributed by atoms with Crippen LogP contribution in [0.25, 0.3) is 0 Å². The zero-order chi connectivity index (χ0) is 10.3. The summed E-state index contributed by atoms with van der Waals surface area (Å²) in [6, 6.07) is 8.71. The van der Waals surface area contributed by atoms with Crippen LogP contribution in [0, 0.1) is 11.8 Å². The van der Waals surface area contributed by atoms with Crippen LogP contribution in [-0.4, -0.2) is 7.11 Å². The predicted molar refractivity (Wildman–Crippen MR) is 61.2 cm³/mol. The van der Waals surface area contributed by atoms with Gasteiger partial charge in [-0.2, -0.15) is 0 Å². The molecule has 0 aliphatic heterocycles. The normalized spacial score (nSPS) is 33.3. The van der Waals surface area contributed by atoms with Crippen LogP contribution in [-0.2, 0) is 0 Å². The molecule has 0 aromatic heterocycles. The van der Waals surface area contributed by atoms with Crippen LogP contribution in [0.1, 0.15) is 37.2 Å². The molecule has 1 nitrogen and oxygen atoms in total. The second kappa shape index (κ2) is 3.55. The van der Waals surface area contributed by atoms with Crippen LogP contribution in [0.2, 0.25) is 0 Å². The van der Waals surface area contributed by atoms with Gasteiger partial charge in [0.1, 0.15) is 5.75 Å². The van der Waals surface area contributed by atoms with E-state index in [2.05, 4.69) is 24.3 Å². The third-order valence-electron chi connectivity index (χ3n) is 4.28. The lowest BCUT2D eigenvalue weighted by Gasteiger charge is -2.22. The van der Waals surface area contributed by atoms with Crippen LogP contribution in [0.4, 0.5) is 0 Å². The third kappa shape index (κ3) is 1.54. The van der Waals surface area contributed by atoms with E-state index in [0.717, 1.165) is 23.5 Å². The lowest BCUT2D eigenvalue weighted by atomic mass is 9.83. The molecule has 3 atom stereocenters. The lowest BCUT2D eigenvalue weighted by molar-refractivity contribution is 0.409. The summed E-state index contributed by atoms with van der Waals surface area (Å²) in [4.78, 5) is 0. The number of rotatable bonds is 2. The Morgan fingerprint density at radius 2 is 1.87 bits per heavy atom. The molecule has 1 heteroatoms. The summed E-state index contributed by atoms with van der Waals surface area (Å²) in [5, 5.41) is 0. The standard InChI is InChI=1S/C14H18O/c1-15-13-6-4-11(5-7-13)14-9-10-2-3-12(14)8-10/h4-7,10,12,14H,2-3,8-9H2,1H3/t10-,12+,14-/m1/s1. The van der Waals surface area contributed by atoms with Gasteiger partial charge in [-0.1, -0.05) is 18.6 Å². The van der Waals surface area contributed by atoms with E-state index >= 15 is 0 Å². The smallest absolute Gasteiger partial charge is 0.118 e. The summed E-state index contributed by atoms with van der Waals surface area (Å²) in [5.41, 5.74) is 1.53. The molecular weight excluding hydrogens is 184 g/mol. The Morgan fingerprint density at radius 3 is 2.40 bits per heavy atom. The number of fused-ring (bicyclic) bond motifs is 2. The maximum atomic E-state index is 5.19. The van der Waals surface area contributed by atoms with Gasteiger partial charge in [-0.3, -0.25) is 0 Å². The monoisotopic (exact) mass is 202 g/mol. The predicted octanol–water partition coefficient (Wildman–Crippen LogP) is 3.60. The summed E-state index contributed by atoms with van der Waals surface area (Å²) >= 11 is 0. The Bertz CT molecular complexity index is 341. The van der Waals surface area contributed by atoms with Gasteiger partial charge in [-0.25, -0.2) is 0 Å². The summed E-state index contributed by atoms with van der Waals surface area (Å²) in [5.74, 6) is 3.82. The second-order valence-electron chi connectivity index (χ2n) is 5.05. The van der Waals surface area contributed by atoms with Gasteiger partial charge in [0.05, 0.1) is 7.11 Å². The molecule has 80 valence electrons. The molecule has 15 heavy (non-hydrogen) atoms. The molecule has 0 saturated heterocycles. The van der Waals surface area contributed by atoms with Crippen molar-refractivity contribution in [2.75, 3.05) is 7.11 Å². The molecule has 2 bridgehead atoms. The molecule has 1 aromatic carbocycles. The van der Waals surface area contributed by atoms with Crippen LogP contribution in [0.5, 0.6) is 5.75 Å². The number of hydrogen-bond donors (Lipinski definition) is 0. The highest BCUT2D eigenvalue weighted by atomic mass is 16.5. The van der Waals surface area contributed by atoms with Crippen LogP contribution < -0.4 is 4.74 Å². The van der Waals surface area contributed by atoms with Gasteiger partial charge < -0.3 is 4.74 Å². The van der Waals surface area contributed by atoms with Gasteiger partial charge in [0.25, 0.3) is 0 Å². The van der Waals surface area contributed by atoms with Crippen molar-refractivity contribution in [2.45, 2.75) is 31.6 Å². The van der Waals surface area contributed by atoms with Gasteiger partial charge in [-0.15, -0.1) is 0 Å². The van der Waals surface area contributed by atoms with Crippen molar-refractivity contribution in [1.29, 1.82) is 0 Å². The Morgan fingerprint density at radius 1 is 1.07 bits per heavy atom. The van der Waals surface area contributed by atoms with E-state index in [1.165, 1.54) is 31.2 Å². The number of benzene rings is 1. The molecule has 2 saturated carbocycles. The van der Waals surface area contributed by atoms with Crippen LogP contribution >= 0.6 is 0 Å². The van der Waals surface area contributed by atoms with E-state index in [1.54, 1.807) is 7.11 Å². The van der Waals surface area contributed by atoms with Crippen molar-refractivity contribution in [2.24, 2.45) is 11.8 Å². The summed E-state index contributed by atoms with van der Waals surface area (Å²) in [7, 11) is 1.73. The summed E-state index contributed by atoms with van der Waals surface area (Å²) in [6.45, 7) is 0. The minimum atomic E-state index is 0.842. The van der Waals surface area contributed by atoms with E-state index in [9.17, 15) is 0 Å². The molecule has 3 rings (SSSR count). The molecule has 2 fully saturated rings. The maximum Gasteiger partial charge on any atom is 0.118 e.